The summed E-state index contributed by atoms with van der Waals surface area (Å²) < 4.78 is 29.0. The van der Waals surface area contributed by atoms with Gasteiger partial charge in [0.2, 0.25) is 0 Å². The number of benzene rings is 2. The van der Waals surface area contributed by atoms with Gasteiger partial charge in [0.15, 0.2) is 0 Å². The van der Waals surface area contributed by atoms with Gasteiger partial charge in [0.1, 0.15) is 5.75 Å². The number of piperidine rings is 1. The van der Waals surface area contributed by atoms with Gasteiger partial charge in [-0.1, -0.05) is 30.7 Å². The van der Waals surface area contributed by atoms with E-state index >= 15 is 0 Å². The summed E-state index contributed by atoms with van der Waals surface area (Å²) in [6.07, 6.45) is 5.01. The predicted octanol–water partition coefficient (Wildman–Crippen LogP) is 5.22. The van der Waals surface area contributed by atoms with Crippen LogP contribution in [0.5, 0.6) is 5.75 Å². The Balaban J connectivity index is 1.51. The van der Waals surface area contributed by atoms with Gasteiger partial charge < -0.3 is 9.64 Å². The topological polar surface area (TPSA) is 29.5 Å². The third-order valence-corrected chi connectivity index (χ3v) is 5.66. The van der Waals surface area contributed by atoms with E-state index in [1.165, 1.54) is 37.8 Å². The maximum Gasteiger partial charge on any atom is 0.387 e. The average molecular weight is 371 g/mol. The number of carbonyl (C=O) groups excluding carboxylic acids is 1. The molecule has 2 aromatic carbocycles. The molecule has 5 heteroatoms. The molecule has 2 bridgehead atoms. The van der Waals surface area contributed by atoms with Crippen LogP contribution in [0, 0.1) is 11.8 Å². The number of nitrogens with zero attached hydrogens (tertiary/aromatic N) is 1. The Labute approximate surface area is 157 Å². The highest BCUT2D eigenvalue weighted by molar-refractivity contribution is 5.95. The smallest absolute Gasteiger partial charge is 0.387 e. The Hall–Kier alpha value is -2.43. The molecule has 0 N–H and O–H groups in total. The fourth-order valence-electron chi connectivity index (χ4n) is 4.44. The molecule has 3 nitrogen and oxygen atoms in total. The van der Waals surface area contributed by atoms with Crippen molar-refractivity contribution >= 4 is 5.91 Å². The van der Waals surface area contributed by atoms with Crippen molar-refractivity contribution in [3.05, 3.63) is 54.1 Å². The number of alkyl halides is 2. The summed E-state index contributed by atoms with van der Waals surface area (Å²) in [6, 6.07) is 14.0. The van der Waals surface area contributed by atoms with Crippen molar-refractivity contribution in [3.8, 4) is 16.9 Å². The van der Waals surface area contributed by atoms with Crippen LogP contribution in [0.25, 0.3) is 11.1 Å². The van der Waals surface area contributed by atoms with E-state index < -0.39 is 6.61 Å². The van der Waals surface area contributed by atoms with E-state index in [9.17, 15) is 13.6 Å². The minimum atomic E-state index is -2.83. The summed E-state index contributed by atoms with van der Waals surface area (Å²) in [5, 5.41) is 0. The predicted molar refractivity (Wildman–Crippen MR) is 99.9 cm³/mol. The SMILES string of the molecule is O=C(c1cccc(-c2ccc(OC(F)F)cc2)c1)N1CC2CCCC(C2)C1. The van der Waals surface area contributed by atoms with Crippen molar-refractivity contribution in [2.45, 2.75) is 32.3 Å². The quantitative estimate of drug-likeness (QED) is 0.738. The number of hydrogen-bond acceptors (Lipinski definition) is 2. The largest absolute Gasteiger partial charge is 0.435 e. The molecule has 1 aliphatic heterocycles. The van der Waals surface area contributed by atoms with E-state index in [1.54, 1.807) is 12.1 Å². The summed E-state index contributed by atoms with van der Waals surface area (Å²) in [4.78, 5) is 15.0. The van der Waals surface area contributed by atoms with Crippen molar-refractivity contribution in [3.63, 3.8) is 0 Å². The van der Waals surface area contributed by atoms with Crippen LogP contribution in [-0.2, 0) is 0 Å². The molecule has 2 unspecified atom stereocenters. The Bertz CT molecular complexity index is 794. The van der Waals surface area contributed by atoms with Gasteiger partial charge in [-0.15, -0.1) is 0 Å². The number of hydrogen-bond donors (Lipinski definition) is 0. The molecule has 0 aromatic heterocycles. The van der Waals surface area contributed by atoms with E-state index in [4.69, 9.17) is 0 Å². The van der Waals surface area contributed by atoms with Crippen LogP contribution in [0.3, 0.4) is 0 Å². The Morgan fingerprint density at radius 3 is 2.37 bits per heavy atom. The number of fused-ring (bicyclic) bond motifs is 2. The first-order valence-electron chi connectivity index (χ1n) is 9.53. The van der Waals surface area contributed by atoms with Gasteiger partial charge >= 0.3 is 6.61 Å². The van der Waals surface area contributed by atoms with Crippen LogP contribution < -0.4 is 4.74 Å². The minimum Gasteiger partial charge on any atom is -0.435 e. The molecule has 1 amide bonds. The molecular weight excluding hydrogens is 348 g/mol. The lowest BCUT2D eigenvalue weighted by Gasteiger charge is -2.41. The monoisotopic (exact) mass is 371 g/mol. The molecule has 1 aliphatic carbocycles. The molecule has 2 aliphatic rings. The Kier molecular flexibility index (Phi) is 5.10. The van der Waals surface area contributed by atoms with Crippen molar-refractivity contribution < 1.29 is 18.3 Å². The van der Waals surface area contributed by atoms with Gasteiger partial charge in [0.25, 0.3) is 5.91 Å². The molecule has 1 saturated carbocycles. The number of amides is 1. The fourth-order valence-corrected chi connectivity index (χ4v) is 4.44. The van der Waals surface area contributed by atoms with Crippen molar-refractivity contribution in [2.24, 2.45) is 11.8 Å². The fraction of sp³-hybridized carbons (Fsp3) is 0.409. The first kappa shape index (κ1) is 18.0. The molecule has 4 rings (SSSR count). The molecule has 0 radical (unpaired) electrons. The molecule has 2 aromatic rings. The molecule has 0 spiro atoms. The highest BCUT2D eigenvalue weighted by atomic mass is 19.3. The van der Waals surface area contributed by atoms with Crippen LogP contribution in [0.4, 0.5) is 8.78 Å². The zero-order chi connectivity index (χ0) is 18.8. The average Bonchev–Trinajstić information content (AvgIpc) is 2.67. The lowest BCUT2D eigenvalue weighted by Crippen LogP contribution is -2.45. The standard InChI is InChI=1S/C22H23F2NO2/c23-22(24)27-20-9-7-17(8-10-20)18-5-2-6-19(12-18)21(26)25-13-15-3-1-4-16(11-15)14-25/h2,5-10,12,15-16,22H,1,3-4,11,13-14H2. The number of carbonyl (C=O) groups is 1. The zero-order valence-electron chi connectivity index (χ0n) is 15.1. The van der Waals surface area contributed by atoms with Gasteiger partial charge in [0, 0.05) is 18.7 Å². The van der Waals surface area contributed by atoms with Crippen molar-refractivity contribution in [1.29, 1.82) is 0 Å². The third-order valence-electron chi connectivity index (χ3n) is 5.66. The number of likely N-dealkylation sites (tertiary alicyclic amines) is 1. The lowest BCUT2D eigenvalue weighted by molar-refractivity contribution is -0.0498. The van der Waals surface area contributed by atoms with Gasteiger partial charge in [0.05, 0.1) is 0 Å². The first-order chi connectivity index (χ1) is 13.1. The second-order valence-corrected chi connectivity index (χ2v) is 7.59. The first-order valence-corrected chi connectivity index (χ1v) is 9.53. The van der Waals surface area contributed by atoms with Gasteiger partial charge in [-0.2, -0.15) is 8.78 Å². The zero-order valence-corrected chi connectivity index (χ0v) is 15.1. The molecule has 1 saturated heterocycles. The van der Waals surface area contributed by atoms with Crippen molar-refractivity contribution in [1.82, 2.24) is 4.90 Å². The number of rotatable bonds is 4. The molecular formula is C22H23F2NO2. The molecule has 2 atom stereocenters. The lowest BCUT2D eigenvalue weighted by atomic mass is 9.78. The van der Waals surface area contributed by atoms with E-state index in [2.05, 4.69) is 4.74 Å². The summed E-state index contributed by atoms with van der Waals surface area (Å²) in [5.41, 5.74) is 2.43. The van der Waals surface area contributed by atoms with E-state index in [0.717, 1.165) is 24.2 Å². The molecule has 2 fully saturated rings. The van der Waals surface area contributed by atoms with Gasteiger partial charge in [-0.05, 0) is 66.5 Å². The normalized spacial score (nSPS) is 22.0. The summed E-state index contributed by atoms with van der Waals surface area (Å²) in [7, 11) is 0. The van der Waals surface area contributed by atoms with E-state index in [1.807, 2.05) is 29.2 Å². The van der Waals surface area contributed by atoms with Gasteiger partial charge in [-0.25, -0.2) is 0 Å². The highest BCUT2D eigenvalue weighted by Crippen LogP contribution is 2.35. The number of halogens is 2. The second-order valence-electron chi connectivity index (χ2n) is 7.59. The van der Waals surface area contributed by atoms with Crippen LogP contribution in [-0.4, -0.2) is 30.5 Å². The Morgan fingerprint density at radius 1 is 1.00 bits per heavy atom. The minimum absolute atomic E-state index is 0.0890. The second kappa shape index (κ2) is 7.67. The number of ether oxygens (including phenoxy) is 1. The molecule has 27 heavy (non-hydrogen) atoms. The van der Waals surface area contributed by atoms with Crippen LogP contribution in [0.2, 0.25) is 0 Å². The molecule has 1 heterocycles. The maximum absolute atomic E-state index is 13.0. The summed E-state index contributed by atoms with van der Waals surface area (Å²) >= 11 is 0. The van der Waals surface area contributed by atoms with E-state index in [-0.39, 0.29) is 11.7 Å². The van der Waals surface area contributed by atoms with Crippen LogP contribution in [0.1, 0.15) is 36.0 Å². The van der Waals surface area contributed by atoms with Gasteiger partial charge in [-0.3, -0.25) is 4.79 Å². The van der Waals surface area contributed by atoms with Crippen LogP contribution >= 0.6 is 0 Å². The van der Waals surface area contributed by atoms with E-state index in [0.29, 0.717) is 17.4 Å². The third kappa shape index (κ3) is 4.12. The highest BCUT2D eigenvalue weighted by Gasteiger charge is 2.32. The van der Waals surface area contributed by atoms with Crippen molar-refractivity contribution in [2.75, 3.05) is 13.1 Å². The van der Waals surface area contributed by atoms with Crippen LogP contribution in [0.15, 0.2) is 48.5 Å². The summed E-state index contributed by atoms with van der Waals surface area (Å²) in [6.45, 7) is -1.11. The maximum atomic E-state index is 13.0. The summed E-state index contributed by atoms with van der Waals surface area (Å²) in [5.74, 6) is 1.51. The molecule has 142 valence electrons. The Morgan fingerprint density at radius 2 is 1.70 bits per heavy atom.